The largest absolute Gasteiger partial charge is 0.376 e. The predicted octanol–water partition coefficient (Wildman–Crippen LogP) is 2.56. The number of hydrogen-bond donors (Lipinski definition) is 2. The van der Waals surface area contributed by atoms with Crippen molar-refractivity contribution in [2.24, 2.45) is 0 Å². The minimum atomic E-state index is -0.386. The van der Waals surface area contributed by atoms with E-state index < -0.39 is 0 Å². The lowest BCUT2D eigenvalue weighted by molar-refractivity contribution is -0.114. The van der Waals surface area contributed by atoms with Gasteiger partial charge in [0.05, 0.1) is 23.1 Å². The molecule has 3 rings (SSSR count). The van der Waals surface area contributed by atoms with Gasteiger partial charge in [-0.05, 0) is 57.7 Å². The first kappa shape index (κ1) is 18.4. The third-order valence-corrected chi connectivity index (χ3v) is 4.72. The highest BCUT2D eigenvalue weighted by Crippen LogP contribution is 2.29. The second-order valence-electron chi connectivity index (χ2n) is 7.16. The summed E-state index contributed by atoms with van der Waals surface area (Å²) < 4.78 is 7.17. The summed E-state index contributed by atoms with van der Waals surface area (Å²) >= 11 is 0. The van der Waals surface area contributed by atoms with E-state index >= 15 is 0 Å². The quantitative estimate of drug-likeness (QED) is 0.877. The van der Waals surface area contributed by atoms with Crippen LogP contribution in [0.25, 0.3) is 10.9 Å². The molecule has 0 unspecified atom stereocenters. The number of anilines is 1. The molecule has 0 atom stereocenters. The molecule has 140 valence electrons. The van der Waals surface area contributed by atoms with Crippen molar-refractivity contribution in [1.82, 2.24) is 9.55 Å². The van der Waals surface area contributed by atoms with Crippen LogP contribution in [-0.4, -0.2) is 27.7 Å². The summed E-state index contributed by atoms with van der Waals surface area (Å²) in [5.41, 5.74) is 0.309. The number of carbonyl (C=O) groups excluding carboxylic acids is 1. The van der Waals surface area contributed by atoms with Crippen molar-refractivity contribution >= 4 is 22.5 Å². The number of aromatic amines is 1. The Morgan fingerprint density at radius 1 is 1.23 bits per heavy atom. The van der Waals surface area contributed by atoms with E-state index in [-0.39, 0.29) is 35.4 Å². The van der Waals surface area contributed by atoms with Gasteiger partial charge in [0, 0.05) is 18.7 Å². The SMILES string of the molecule is CC(=O)Nc1ccc2[nH]c(=O)n(C3CCC(OC(C)C)CC3)c(=O)c2c1. The lowest BCUT2D eigenvalue weighted by atomic mass is 9.92. The molecule has 0 saturated heterocycles. The van der Waals surface area contributed by atoms with Crippen LogP contribution in [-0.2, 0) is 9.53 Å². The van der Waals surface area contributed by atoms with Gasteiger partial charge in [0.1, 0.15) is 0 Å². The number of nitrogens with one attached hydrogen (secondary N) is 2. The summed E-state index contributed by atoms with van der Waals surface area (Å²) in [7, 11) is 0. The Balaban J connectivity index is 1.92. The van der Waals surface area contributed by atoms with Crippen LogP contribution in [0.5, 0.6) is 0 Å². The molecule has 0 aliphatic heterocycles. The molecule has 2 N–H and O–H groups in total. The van der Waals surface area contributed by atoms with Gasteiger partial charge in [-0.15, -0.1) is 0 Å². The van der Waals surface area contributed by atoms with Crippen molar-refractivity contribution in [3.63, 3.8) is 0 Å². The van der Waals surface area contributed by atoms with Crippen LogP contribution in [0, 0.1) is 0 Å². The van der Waals surface area contributed by atoms with Crippen molar-refractivity contribution in [2.75, 3.05) is 5.32 Å². The third-order valence-electron chi connectivity index (χ3n) is 4.72. The van der Waals surface area contributed by atoms with Crippen LogP contribution >= 0.6 is 0 Å². The molecule has 1 aromatic carbocycles. The Bertz CT molecular complexity index is 921. The first-order chi connectivity index (χ1) is 12.3. The Hall–Kier alpha value is -2.41. The summed E-state index contributed by atoms with van der Waals surface area (Å²) in [4.78, 5) is 39.5. The molecule has 0 spiro atoms. The Morgan fingerprint density at radius 2 is 1.92 bits per heavy atom. The lowest BCUT2D eigenvalue weighted by Crippen LogP contribution is -2.40. The van der Waals surface area contributed by atoms with E-state index in [4.69, 9.17) is 4.74 Å². The van der Waals surface area contributed by atoms with Gasteiger partial charge in [-0.1, -0.05) is 0 Å². The molecule has 1 heterocycles. The van der Waals surface area contributed by atoms with Gasteiger partial charge in [-0.2, -0.15) is 0 Å². The molecule has 1 aromatic heterocycles. The van der Waals surface area contributed by atoms with Crippen LogP contribution in [0.3, 0.4) is 0 Å². The van der Waals surface area contributed by atoms with E-state index in [0.717, 1.165) is 25.7 Å². The summed E-state index contributed by atoms with van der Waals surface area (Å²) in [6, 6.07) is 4.78. The number of aromatic nitrogens is 2. The summed E-state index contributed by atoms with van der Waals surface area (Å²) in [6.45, 7) is 5.43. The van der Waals surface area contributed by atoms with Crippen LogP contribution in [0.2, 0.25) is 0 Å². The lowest BCUT2D eigenvalue weighted by Gasteiger charge is -2.30. The average molecular weight is 359 g/mol. The number of rotatable bonds is 4. The molecule has 0 radical (unpaired) electrons. The monoisotopic (exact) mass is 359 g/mol. The minimum Gasteiger partial charge on any atom is -0.376 e. The molecule has 2 aromatic rings. The standard InChI is InChI=1S/C19H25N3O4/c1-11(2)26-15-7-5-14(6-8-15)22-18(24)16-10-13(20-12(3)23)4-9-17(16)21-19(22)25/h4,9-11,14-15H,5-8H2,1-3H3,(H,20,23)(H,21,25). The summed E-state index contributed by atoms with van der Waals surface area (Å²) in [5, 5.41) is 3.07. The first-order valence-electron chi connectivity index (χ1n) is 9.06. The van der Waals surface area contributed by atoms with Gasteiger partial charge in [-0.25, -0.2) is 4.79 Å². The molecular weight excluding hydrogens is 334 g/mol. The number of amides is 1. The minimum absolute atomic E-state index is 0.132. The van der Waals surface area contributed by atoms with Crippen molar-refractivity contribution in [1.29, 1.82) is 0 Å². The zero-order valence-electron chi connectivity index (χ0n) is 15.4. The fraction of sp³-hybridized carbons (Fsp3) is 0.526. The molecule has 26 heavy (non-hydrogen) atoms. The maximum atomic E-state index is 12.9. The number of fused-ring (bicyclic) bond motifs is 1. The van der Waals surface area contributed by atoms with Crippen LogP contribution in [0.15, 0.2) is 27.8 Å². The number of ether oxygens (including phenoxy) is 1. The highest BCUT2D eigenvalue weighted by Gasteiger charge is 2.26. The molecule has 1 amide bonds. The van der Waals surface area contributed by atoms with E-state index in [9.17, 15) is 14.4 Å². The number of carbonyl (C=O) groups is 1. The maximum Gasteiger partial charge on any atom is 0.329 e. The van der Waals surface area contributed by atoms with Crippen LogP contribution < -0.4 is 16.6 Å². The van der Waals surface area contributed by atoms with Gasteiger partial charge in [-0.3, -0.25) is 14.2 Å². The Labute approximate surface area is 151 Å². The average Bonchev–Trinajstić information content (AvgIpc) is 2.56. The zero-order chi connectivity index (χ0) is 18.8. The predicted molar refractivity (Wildman–Crippen MR) is 101 cm³/mol. The van der Waals surface area contributed by atoms with Crippen molar-refractivity contribution in [2.45, 2.75) is 64.7 Å². The van der Waals surface area contributed by atoms with Gasteiger partial charge >= 0.3 is 5.69 Å². The fourth-order valence-electron chi connectivity index (χ4n) is 3.66. The Morgan fingerprint density at radius 3 is 2.54 bits per heavy atom. The molecule has 7 heteroatoms. The van der Waals surface area contributed by atoms with Gasteiger partial charge in [0.15, 0.2) is 0 Å². The molecule has 1 fully saturated rings. The second-order valence-corrected chi connectivity index (χ2v) is 7.16. The zero-order valence-corrected chi connectivity index (χ0v) is 15.4. The number of H-pyrrole nitrogens is 1. The highest BCUT2D eigenvalue weighted by molar-refractivity contribution is 5.91. The first-order valence-corrected chi connectivity index (χ1v) is 9.06. The normalized spacial score (nSPS) is 20.5. The van der Waals surface area contributed by atoms with Crippen LogP contribution in [0.4, 0.5) is 5.69 Å². The molecule has 1 aliphatic rings. The van der Waals surface area contributed by atoms with Gasteiger partial charge in [0.2, 0.25) is 5.91 Å². The maximum absolute atomic E-state index is 12.9. The number of benzene rings is 1. The van der Waals surface area contributed by atoms with Crippen molar-refractivity contribution in [3.8, 4) is 0 Å². The number of hydrogen-bond acceptors (Lipinski definition) is 4. The van der Waals surface area contributed by atoms with E-state index in [1.165, 1.54) is 11.5 Å². The Kier molecular flexibility index (Phi) is 5.27. The molecule has 1 aliphatic carbocycles. The summed E-state index contributed by atoms with van der Waals surface area (Å²) in [5.74, 6) is -0.211. The smallest absolute Gasteiger partial charge is 0.329 e. The van der Waals surface area contributed by atoms with E-state index in [1.807, 2.05) is 13.8 Å². The van der Waals surface area contributed by atoms with E-state index in [0.29, 0.717) is 16.6 Å². The topological polar surface area (TPSA) is 93.2 Å². The van der Waals surface area contributed by atoms with Crippen molar-refractivity contribution < 1.29 is 9.53 Å². The highest BCUT2D eigenvalue weighted by atomic mass is 16.5. The molecular formula is C19H25N3O4. The number of nitrogens with zero attached hydrogens (tertiary/aromatic N) is 1. The molecule has 1 saturated carbocycles. The fourth-order valence-corrected chi connectivity index (χ4v) is 3.66. The summed E-state index contributed by atoms with van der Waals surface area (Å²) in [6.07, 6.45) is 3.50. The van der Waals surface area contributed by atoms with Gasteiger partial charge < -0.3 is 15.0 Å². The second kappa shape index (κ2) is 7.45. The molecule has 0 bridgehead atoms. The third kappa shape index (κ3) is 3.88. The van der Waals surface area contributed by atoms with E-state index in [1.54, 1.807) is 18.2 Å². The van der Waals surface area contributed by atoms with Crippen molar-refractivity contribution in [3.05, 3.63) is 39.0 Å². The molecule has 7 nitrogen and oxygen atoms in total. The van der Waals surface area contributed by atoms with Gasteiger partial charge in [0.25, 0.3) is 5.56 Å². The van der Waals surface area contributed by atoms with Crippen LogP contribution in [0.1, 0.15) is 52.5 Å². The van der Waals surface area contributed by atoms with E-state index in [2.05, 4.69) is 10.3 Å².